The van der Waals surface area contributed by atoms with Crippen molar-refractivity contribution in [1.82, 2.24) is 19.5 Å². The Balaban J connectivity index is 2.09. The summed E-state index contributed by atoms with van der Waals surface area (Å²) in [4.78, 5) is 11.7. The summed E-state index contributed by atoms with van der Waals surface area (Å²) in [5.41, 5.74) is 5.52. The zero-order valence-electron chi connectivity index (χ0n) is 10.0. The zero-order chi connectivity index (χ0) is 14.3. The lowest BCUT2D eigenvalue weighted by atomic mass is 10.2. The van der Waals surface area contributed by atoms with Crippen LogP contribution in [0.15, 0.2) is 24.8 Å². The molecule has 0 saturated heterocycles. The Bertz CT molecular complexity index is 755. The van der Waals surface area contributed by atoms with Crippen LogP contribution in [0.4, 0.5) is 19.0 Å². The molecule has 1 aromatic rings. The van der Waals surface area contributed by atoms with E-state index < -0.39 is 23.0 Å². The molecule has 0 atom stereocenters. The van der Waals surface area contributed by atoms with Crippen LogP contribution in [0.5, 0.6) is 0 Å². The lowest BCUT2D eigenvalue weighted by Crippen LogP contribution is -2.12. The number of fused-ring (bicyclic) bond motifs is 1. The molecule has 2 heterocycles. The molecule has 2 aliphatic heterocycles. The van der Waals surface area contributed by atoms with Crippen LogP contribution in [0.2, 0.25) is 0 Å². The molecule has 0 saturated carbocycles. The molecule has 1 aromatic carbocycles. The fourth-order valence-corrected chi connectivity index (χ4v) is 1.90. The van der Waals surface area contributed by atoms with Crippen molar-refractivity contribution in [2.45, 2.75) is 6.54 Å². The van der Waals surface area contributed by atoms with E-state index in [9.17, 15) is 13.2 Å². The van der Waals surface area contributed by atoms with Crippen molar-refractivity contribution in [2.75, 3.05) is 5.73 Å². The van der Waals surface area contributed by atoms with Crippen LogP contribution >= 0.6 is 0 Å². The van der Waals surface area contributed by atoms with Crippen LogP contribution in [0.3, 0.4) is 0 Å². The molecule has 0 radical (unpaired) electrons. The van der Waals surface area contributed by atoms with Crippen molar-refractivity contribution in [2.24, 2.45) is 0 Å². The Labute approximate surface area is 111 Å². The Morgan fingerprint density at radius 2 is 1.80 bits per heavy atom. The van der Waals surface area contributed by atoms with Crippen molar-refractivity contribution in [1.29, 1.82) is 0 Å². The highest BCUT2D eigenvalue weighted by molar-refractivity contribution is 5.64. The molecule has 102 valence electrons. The van der Waals surface area contributed by atoms with E-state index in [1.807, 2.05) is 0 Å². The maximum absolute atomic E-state index is 13.6. The first-order valence-corrected chi connectivity index (χ1v) is 5.61. The smallest absolute Gasteiger partial charge is 0.166 e. The molecular formula is C12H8F3N5. The van der Waals surface area contributed by atoms with Gasteiger partial charge in [0.1, 0.15) is 17.8 Å². The number of rotatable bonds is 2. The van der Waals surface area contributed by atoms with Crippen molar-refractivity contribution < 1.29 is 13.2 Å². The predicted octanol–water partition coefficient (Wildman–Crippen LogP) is 1.83. The summed E-state index contributed by atoms with van der Waals surface area (Å²) in [5.74, 6) is -2.72. The van der Waals surface area contributed by atoms with Gasteiger partial charge in [0.15, 0.2) is 23.3 Å². The first kappa shape index (κ1) is 12.4. The highest BCUT2D eigenvalue weighted by Gasteiger charge is 2.19. The lowest BCUT2D eigenvalue weighted by molar-refractivity contribution is 0.474. The van der Waals surface area contributed by atoms with Crippen molar-refractivity contribution in [3.05, 3.63) is 47.8 Å². The number of imidazole rings is 1. The number of nitrogens with zero attached hydrogens (tertiary/aromatic N) is 4. The van der Waals surface area contributed by atoms with Gasteiger partial charge >= 0.3 is 0 Å². The summed E-state index contributed by atoms with van der Waals surface area (Å²) in [5, 5.41) is 0. The monoisotopic (exact) mass is 279 g/mol. The number of nitrogens with two attached hydrogens (primary N) is 1. The maximum atomic E-state index is 13.6. The quantitative estimate of drug-likeness (QED) is 0.726. The average molecular weight is 279 g/mol. The summed E-state index contributed by atoms with van der Waals surface area (Å²) in [6, 6.07) is 1.60. The molecule has 2 N–H and O–H groups in total. The summed E-state index contributed by atoms with van der Waals surface area (Å²) in [6.45, 7) is -0.266. The Kier molecular flexibility index (Phi) is 2.78. The molecule has 0 aliphatic carbocycles. The van der Waals surface area contributed by atoms with Crippen LogP contribution in [-0.4, -0.2) is 19.5 Å². The SMILES string of the molecule is Nc1ncn(Cc2c(F)ccc(F)c2F)c2ncnc1-2. The van der Waals surface area contributed by atoms with Crippen LogP contribution < -0.4 is 5.73 Å². The molecule has 0 bridgehead atoms. The highest BCUT2D eigenvalue weighted by Crippen LogP contribution is 2.24. The second-order valence-corrected chi connectivity index (χ2v) is 4.13. The minimum absolute atomic E-state index is 0.161. The van der Waals surface area contributed by atoms with Gasteiger partial charge in [-0.3, -0.25) is 0 Å². The molecule has 0 aromatic heterocycles. The number of nitrogen functional groups attached to an aromatic ring is 1. The summed E-state index contributed by atoms with van der Waals surface area (Å²) in [6.07, 6.45) is 2.54. The number of anilines is 1. The van der Waals surface area contributed by atoms with Gasteiger partial charge in [-0.15, -0.1) is 0 Å². The van der Waals surface area contributed by atoms with E-state index in [0.717, 1.165) is 12.1 Å². The Morgan fingerprint density at radius 3 is 2.60 bits per heavy atom. The normalized spacial score (nSPS) is 11.2. The van der Waals surface area contributed by atoms with Gasteiger partial charge in [0.25, 0.3) is 0 Å². The fourth-order valence-electron chi connectivity index (χ4n) is 1.90. The number of hydrogen-bond acceptors (Lipinski definition) is 4. The standard InChI is InChI=1S/C12H8F3N5/c13-7-1-2-8(14)9(15)6(7)3-20-5-19-11(16)10-12(20)18-4-17-10/h1-2,4-5H,3,16H2. The number of aromatic nitrogens is 4. The van der Waals surface area contributed by atoms with E-state index >= 15 is 0 Å². The van der Waals surface area contributed by atoms with E-state index in [1.165, 1.54) is 17.2 Å². The first-order valence-electron chi connectivity index (χ1n) is 5.61. The third kappa shape index (κ3) is 1.85. The minimum atomic E-state index is -1.23. The second kappa shape index (κ2) is 4.48. The number of halogens is 3. The van der Waals surface area contributed by atoms with Gasteiger partial charge in [-0.05, 0) is 12.1 Å². The van der Waals surface area contributed by atoms with Gasteiger partial charge in [-0.1, -0.05) is 0 Å². The summed E-state index contributed by atoms with van der Waals surface area (Å²) >= 11 is 0. The summed E-state index contributed by atoms with van der Waals surface area (Å²) in [7, 11) is 0. The van der Waals surface area contributed by atoms with Crippen LogP contribution in [0, 0.1) is 17.5 Å². The van der Waals surface area contributed by atoms with E-state index in [4.69, 9.17) is 5.73 Å². The van der Waals surface area contributed by atoms with Gasteiger partial charge in [-0.25, -0.2) is 28.1 Å². The van der Waals surface area contributed by atoms with Gasteiger partial charge < -0.3 is 10.3 Å². The third-order valence-corrected chi connectivity index (χ3v) is 2.90. The molecule has 2 aliphatic rings. The van der Waals surface area contributed by atoms with E-state index in [-0.39, 0.29) is 12.4 Å². The molecule has 0 unspecified atom stereocenters. The minimum Gasteiger partial charge on any atom is -0.382 e. The zero-order valence-corrected chi connectivity index (χ0v) is 10.0. The first-order chi connectivity index (χ1) is 9.58. The molecule has 0 fully saturated rings. The highest BCUT2D eigenvalue weighted by atomic mass is 19.2. The second-order valence-electron chi connectivity index (χ2n) is 4.13. The molecule has 5 nitrogen and oxygen atoms in total. The largest absolute Gasteiger partial charge is 0.382 e. The van der Waals surface area contributed by atoms with Gasteiger partial charge in [0, 0.05) is 5.56 Å². The van der Waals surface area contributed by atoms with Crippen molar-refractivity contribution in [3.8, 4) is 11.5 Å². The van der Waals surface area contributed by atoms with Gasteiger partial charge in [0.05, 0.1) is 12.9 Å². The van der Waals surface area contributed by atoms with E-state index in [0.29, 0.717) is 11.5 Å². The number of benzene rings is 1. The van der Waals surface area contributed by atoms with Crippen molar-refractivity contribution >= 4 is 5.82 Å². The maximum Gasteiger partial charge on any atom is 0.166 e. The van der Waals surface area contributed by atoms with E-state index in [1.54, 1.807) is 0 Å². The third-order valence-electron chi connectivity index (χ3n) is 2.90. The molecule has 0 amide bonds. The van der Waals surface area contributed by atoms with Crippen molar-refractivity contribution in [3.63, 3.8) is 0 Å². The molecule has 3 rings (SSSR count). The number of hydrogen-bond donors (Lipinski definition) is 1. The molecule has 20 heavy (non-hydrogen) atoms. The lowest BCUT2D eigenvalue weighted by Gasteiger charge is -2.12. The summed E-state index contributed by atoms with van der Waals surface area (Å²) < 4.78 is 41.8. The Hall–Kier alpha value is -2.64. The van der Waals surface area contributed by atoms with Gasteiger partial charge in [-0.2, -0.15) is 0 Å². The van der Waals surface area contributed by atoms with Gasteiger partial charge in [0.2, 0.25) is 0 Å². The molecule has 0 spiro atoms. The van der Waals surface area contributed by atoms with E-state index in [2.05, 4.69) is 15.0 Å². The average Bonchev–Trinajstić information content (AvgIpc) is 2.92. The topological polar surface area (TPSA) is 69.6 Å². The molecule has 8 heteroatoms. The Morgan fingerprint density at radius 1 is 1.05 bits per heavy atom. The van der Waals surface area contributed by atoms with Crippen LogP contribution in [0.25, 0.3) is 11.5 Å². The fraction of sp³-hybridized carbons (Fsp3) is 0.0833. The van der Waals surface area contributed by atoms with Crippen LogP contribution in [-0.2, 0) is 6.54 Å². The molecular weight excluding hydrogens is 271 g/mol. The predicted molar refractivity (Wildman–Crippen MR) is 64.3 cm³/mol. The van der Waals surface area contributed by atoms with Crippen LogP contribution in [0.1, 0.15) is 5.56 Å².